The van der Waals surface area contributed by atoms with Crippen LogP contribution >= 0.6 is 0 Å². The number of carbonyl (C=O) groups is 2. The molecule has 0 saturated heterocycles. The van der Waals surface area contributed by atoms with Crippen molar-refractivity contribution in [3.63, 3.8) is 0 Å². The maximum absolute atomic E-state index is 12.2. The zero-order valence-electron chi connectivity index (χ0n) is 13.4. The second-order valence-corrected chi connectivity index (χ2v) is 5.22. The van der Waals surface area contributed by atoms with E-state index in [2.05, 4.69) is 4.74 Å². The summed E-state index contributed by atoms with van der Waals surface area (Å²) in [6.45, 7) is 4.76. The van der Waals surface area contributed by atoms with Crippen molar-refractivity contribution in [1.29, 1.82) is 0 Å². The van der Waals surface area contributed by atoms with Crippen molar-refractivity contribution >= 4 is 11.9 Å². The van der Waals surface area contributed by atoms with Gasteiger partial charge in [-0.05, 0) is 26.2 Å². The van der Waals surface area contributed by atoms with Gasteiger partial charge < -0.3 is 9.47 Å². The number of alkyl halides is 3. The van der Waals surface area contributed by atoms with Crippen molar-refractivity contribution in [2.75, 3.05) is 0 Å². The number of hydrogen-bond donors (Lipinski definition) is 0. The molecule has 0 aliphatic heterocycles. The molecule has 0 spiro atoms. The Morgan fingerprint density at radius 2 is 1.41 bits per heavy atom. The lowest BCUT2D eigenvalue weighted by Gasteiger charge is -2.17. The molecule has 0 aliphatic rings. The average molecular weight is 326 g/mol. The molecule has 4 nitrogen and oxygen atoms in total. The van der Waals surface area contributed by atoms with Crippen molar-refractivity contribution in [2.24, 2.45) is 0 Å². The fourth-order valence-electron chi connectivity index (χ4n) is 1.85. The van der Waals surface area contributed by atoms with Crippen LogP contribution in [0.2, 0.25) is 0 Å². The van der Waals surface area contributed by atoms with Gasteiger partial charge in [-0.1, -0.05) is 26.7 Å². The van der Waals surface area contributed by atoms with E-state index in [0.29, 0.717) is 0 Å². The lowest BCUT2D eigenvalue weighted by molar-refractivity contribution is -0.216. The van der Waals surface area contributed by atoms with Crippen molar-refractivity contribution in [3.05, 3.63) is 0 Å². The summed E-state index contributed by atoms with van der Waals surface area (Å²) in [5.41, 5.74) is 0. The molecule has 0 aromatic heterocycles. The second kappa shape index (κ2) is 10.5. The van der Waals surface area contributed by atoms with Crippen LogP contribution in [0, 0.1) is 0 Å². The van der Waals surface area contributed by atoms with Crippen molar-refractivity contribution in [1.82, 2.24) is 0 Å². The van der Waals surface area contributed by atoms with Crippen LogP contribution in [0.3, 0.4) is 0 Å². The molecule has 0 bridgehead atoms. The molecule has 0 heterocycles. The second-order valence-electron chi connectivity index (χ2n) is 5.22. The van der Waals surface area contributed by atoms with Crippen LogP contribution in [0.1, 0.15) is 65.7 Å². The number of hydrogen-bond acceptors (Lipinski definition) is 4. The molecule has 130 valence electrons. The van der Waals surface area contributed by atoms with Gasteiger partial charge in [-0.3, -0.25) is 9.59 Å². The van der Waals surface area contributed by atoms with Crippen LogP contribution in [0.25, 0.3) is 0 Å². The Balaban J connectivity index is 3.98. The normalized spacial score (nSPS) is 13.0. The largest absolute Gasteiger partial charge is 0.462 e. The Kier molecular flexibility index (Phi) is 9.85. The minimum Gasteiger partial charge on any atom is -0.462 e. The molecule has 1 unspecified atom stereocenters. The van der Waals surface area contributed by atoms with E-state index in [1.54, 1.807) is 0 Å². The summed E-state index contributed by atoms with van der Waals surface area (Å²) >= 11 is 0. The first-order chi connectivity index (χ1) is 10.2. The van der Waals surface area contributed by atoms with Crippen molar-refractivity contribution < 1.29 is 32.2 Å². The Labute approximate surface area is 129 Å². The monoisotopic (exact) mass is 326 g/mol. The average Bonchev–Trinajstić information content (AvgIpc) is 2.38. The molecule has 0 aliphatic carbocycles. The minimum absolute atomic E-state index is 0.000568. The quantitative estimate of drug-likeness (QED) is 0.566. The summed E-state index contributed by atoms with van der Waals surface area (Å²) in [4.78, 5) is 22.8. The zero-order chi connectivity index (χ0) is 17.2. The van der Waals surface area contributed by atoms with Crippen LogP contribution in [-0.2, 0) is 19.1 Å². The molecular weight excluding hydrogens is 301 g/mol. The molecule has 0 aromatic rings. The zero-order valence-corrected chi connectivity index (χ0v) is 13.4. The van der Waals surface area contributed by atoms with E-state index in [9.17, 15) is 22.8 Å². The third-order valence-electron chi connectivity index (χ3n) is 3.05. The molecule has 0 N–H and O–H groups in total. The summed E-state index contributed by atoms with van der Waals surface area (Å²) in [7, 11) is 0. The van der Waals surface area contributed by atoms with E-state index in [0.717, 1.165) is 32.6 Å². The molecule has 0 fully saturated rings. The first-order valence-electron chi connectivity index (χ1n) is 7.66. The van der Waals surface area contributed by atoms with Crippen molar-refractivity contribution in [3.8, 4) is 0 Å². The highest BCUT2D eigenvalue weighted by atomic mass is 19.4. The van der Waals surface area contributed by atoms with Gasteiger partial charge in [0, 0.05) is 12.8 Å². The smallest absolute Gasteiger partial charge is 0.425 e. The minimum atomic E-state index is -4.57. The maximum atomic E-state index is 12.2. The van der Waals surface area contributed by atoms with Gasteiger partial charge in [-0.15, -0.1) is 0 Å². The highest BCUT2D eigenvalue weighted by Crippen LogP contribution is 2.22. The highest BCUT2D eigenvalue weighted by molar-refractivity contribution is 5.72. The molecule has 0 aromatic carbocycles. The summed E-state index contributed by atoms with van der Waals surface area (Å²) in [6.07, 6.45) is -3.57. The fraction of sp³-hybridized carbons (Fsp3) is 0.867. The van der Waals surface area contributed by atoms with E-state index in [-0.39, 0.29) is 25.4 Å². The Hall–Kier alpha value is -1.27. The molecule has 0 rings (SSSR count). The molecule has 7 heteroatoms. The molecule has 0 saturated carbocycles. The number of esters is 2. The van der Waals surface area contributed by atoms with Gasteiger partial charge in [0.05, 0.1) is 0 Å². The van der Waals surface area contributed by atoms with Crippen LogP contribution in [-0.4, -0.2) is 30.3 Å². The number of carbonyl (C=O) groups excluding carboxylic acids is 2. The summed E-state index contributed by atoms with van der Waals surface area (Å²) in [6, 6.07) is 0. The molecule has 1 atom stereocenters. The van der Waals surface area contributed by atoms with Gasteiger partial charge in [0.25, 0.3) is 0 Å². The number of rotatable bonds is 10. The van der Waals surface area contributed by atoms with Gasteiger partial charge >= 0.3 is 18.1 Å². The lowest BCUT2D eigenvalue weighted by atomic mass is 10.1. The van der Waals surface area contributed by atoms with Crippen LogP contribution in [0.4, 0.5) is 13.2 Å². The first-order valence-corrected chi connectivity index (χ1v) is 7.66. The summed E-state index contributed by atoms with van der Waals surface area (Å²) < 4.78 is 46.1. The molecule has 0 amide bonds. The highest BCUT2D eigenvalue weighted by Gasteiger charge is 2.38. The summed E-state index contributed by atoms with van der Waals surface area (Å²) in [5, 5.41) is 0. The number of halogens is 3. The van der Waals surface area contributed by atoms with E-state index in [1.807, 2.05) is 13.8 Å². The van der Waals surface area contributed by atoms with Gasteiger partial charge in [0.15, 0.2) is 6.10 Å². The predicted molar refractivity (Wildman–Crippen MR) is 75.2 cm³/mol. The Bertz CT molecular complexity index is 336. The Morgan fingerprint density at radius 3 is 1.82 bits per heavy atom. The van der Waals surface area contributed by atoms with Gasteiger partial charge in [0.2, 0.25) is 0 Å². The van der Waals surface area contributed by atoms with Gasteiger partial charge in [0.1, 0.15) is 6.10 Å². The van der Waals surface area contributed by atoms with E-state index >= 15 is 0 Å². The van der Waals surface area contributed by atoms with E-state index < -0.39 is 24.2 Å². The van der Waals surface area contributed by atoms with Crippen LogP contribution in [0.5, 0.6) is 0 Å². The molecular formula is C15H25F3O4. The first kappa shape index (κ1) is 20.7. The third kappa shape index (κ3) is 9.63. The van der Waals surface area contributed by atoms with Crippen molar-refractivity contribution in [2.45, 2.75) is 84.1 Å². The van der Waals surface area contributed by atoms with E-state index in [4.69, 9.17) is 4.74 Å². The standard InChI is InChI=1S/C15H25F3O4/c1-4-7-12(8-5-2)22-14(20)10-6-9-13(19)21-11(3)15(16,17)18/h11-12H,4-10H2,1-3H3. The van der Waals surface area contributed by atoms with E-state index in [1.165, 1.54) is 0 Å². The number of ether oxygens (including phenoxy) is 2. The van der Waals surface area contributed by atoms with Gasteiger partial charge in [-0.25, -0.2) is 0 Å². The van der Waals surface area contributed by atoms with Crippen LogP contribution in [0.15, 0.2) is 0 Å². The summed E-state index contributed by atoms with van der Waals surface area (Å²) in [5.74, 6) is -1.39. The SMILES string of the molecule is CCCC(CCC)OC(=O)CCCC(=O)OC(C)C(F)(F)F. The predicted octanol–water partition coefficient (Wildman–Crippen LogP) is 4.16. The molecule has 0 radical (unpaired) electrons. The van der Waals surface area contributed by atoms with Gasteiger partial charge in [-0.2, -0.15) is 13.2 Å². The van der Waals surface area contributed by atoms with Crippen LogP contribution < -0.4 is 0 Å². The fourth-order valence-corrected chi connectivity index (χ4v) is 1.85. The maximum Gasteiger partial charge on any atom is 0.425 e. The lowest BCUT2D eigenvalue weighted by Crippen LogP contribution is -2.30. The Morgan fingerprint density at radius 1 is 0.955 bits per heavy atom. The molecule has 22 heavy (non-hydrogen) atoms. The third-order valence-corrected chi connectivity index (χ3v) is 3.05. The topological polar surface area (TPSA) is 52.6 Å².